The molecule has 0 aromatic rings. The number of nitrogens with zero attached hydrogens (tertiary/aromatic N) is 1. The van der Waals surface area contributed by atoms with Gasteiger partial charge in [0, 0.05) is 13.1 Å². The van der Waals surface area contributed by atoms with Crippen LogP contribution in [0.3, 0.4) is 0 Å². The maximum Gasteiger partial charge on any atom is 0.242 e. The topological polar surface area (TPSA) is 46.3 Å². The van der Waals surface area contributed by atoms with E-state index < -0.39 is 5.54 Å². The summed E-state index contributed by atoms with van der Waals surface area (Å²) in [6.45, 7) is 9.28. The molecule has 0 aliphatic heterocycles. The fourth-order valence-electron chi connectivity index (χ4n) is 1.26. The van der Waals surface area contributed by atoms with E-state index in [0.29, 0.717) is 0 Å². The van der Waals surface area contributed by atoms with Gasteiger partial charge in [0.15, 0.2) is 0 Å². The molecular formula is C10H23ClN2O. The zero-order valence-electron chi connectivity index (χ0n) is 9.67. The first-order valence-electron chi connectivity index (χ1n) is 5.01. The van der Waals surface area contributed by atoms with Gasteiger partial charge in [-0.2, -0.15) is 0 Å². The molecule has 0 atom stereocenters. The van der Waals surface area contributed by atoms with Crippen molar-refractivity contribution in [3.8, 4) is 0 Å². The van der Waals surface area contributed by atoms with E-state index >= 15 is 0 Å². The first kappa shape index (κ1) is 16.2. The molecule has 0 radical (unpaired) electrons. The summed E-state index contributed by atoms with van der Waals surface area (Å²) in [7, 11) is 0. The van der Waals surface area contributed by atoms with Crippen LogP contribution < -0.4 is 5.73 Å². The van der Waals surface area contributed by atoms with Crippen LogP contribution in [-0.4, -0.2) is 29.4 Å². The van der Waals surface area contributed by atoms with Crippen LogP contribution in [0.5, 0.6) is 0 Å². The maximum absolute atomic E-state index is 11.7. The number of rotatable bonds is 5. The van der Waals surface area contributed by atoms with E-state index in [4.69, 9.17) is 5.73 Å². The van der Waals surface area contributed by atoms with E-state index in [1.807, 2.05) is 4.90 Å². The zero-order chi connectivity index (χ0) is 10.5. The lowest BCUT2D eigenvalue weighted by Crippen LogP contribution is -2.51. The number of carbonyl (C=O) groups excluding carboxylic acids is 1. The minimum atomic E-state index is -0.732. The molecule has 0 saturated carbocycles. The van der Waals surface area contributed by atoms with Crippen LogP contribution in [0.15, 0.2) is 0 Å². The Kier molecular flexibility index (Phi) is 8.16. The highest BCUT2D eigenvalue weighted by Gasteiger charge is 2.26. The van der Waals surface area contributed by atoms with E-state index in [2.05, 4.69) is 13.8 Å². The zero-order valence-corrected chi connectivity index (χ0v) is 10.5. The molecule has 0 spiro atoms. The Bertz CT molecular complexity index is 160. The first-order chi connectivity index (χ1) is 5.93. The second-order valence-electron chi connectivity index (χ2n) is 4.01. The number of nitrogens with two attached hydrogens (primary N) is 1. The molecule has 0 rings (SSSR count). The summed E-state index contributed by atoms with van der Waals surface area (Å²) in [4.78, 5) is 13.6. The molecule has 0 bridgehead atoms. The molecule has 0 aromatic carbocycles. The quantitative estimate of drug-likeness (QED) is 0.771. The lowest BCUT2D eigenvalue weighted by molar-refractivity contribution is -0.135. The number of hydrogen-bond acceptors (Lipinski definition) is 2. The van der Waals surface area contributed by atoms with Gasteiger partial charge in [-0.25, -0.2) is 0 Å². The van der Waals surface area contributed by atoms with Gasteiger partial charge in [-0.1, -0.05) is 13.8 Å². The van der Waals surface area contributed by atoms with E-state index in [1.54, 1.807) is 13.8 Å². The highest BCUT2D eigenvalue weighted by Crippen LogP contribution is 2.05. The molecule has 0 heterocycles. The predicted octanol–water partition coefficient (Wildman–Crippen LogP) is 1.79. The van der Waals surface area contributed by atoms with Crippen LogP contribution in [0, 0.1) is 0 Å². The highest BCUT2D eigenvalue weighted by atomic mass is 35.5. The van der Waals surface area contributed by atoms with E-state index in [-0.39, 0.29) is 18.3 Å². The number of amides is 1. The average molecular weight is 223 g/mol. The van der Waals surface area contributed by atoms with Gasteiger partial charge in [-0.3, -0.25) is 4.79 Å². The Hall–Kier alpha value is -0.280. The summed E-state index contributed by atoms with van der Waals surface area (Å²) in [5.41, 5.74) is 5.02. The van der Waals surface area contributed by atoms with Crippen molar-refractivity contribution in [2.45, 2.75) is 46.1 Å². The minimum Gasteiger partial charge on any atom is -0.341 e. The van der Waals surface area contributed by atoms with Crippen LogP contribution in [0.25, 0.3) is 0 Å². The van der Waals surface area contributed by atoms with Crippen molar-refractivity contribution in [1.29, 1.82) is 0 Å². The van der Waals surface area contributed by atoms with Gasteiger partial charge < -0.3 is 10.6 Å². The lowest BCUT2D eigenvalue weighted by Gasteiger charge is -2.28. The summed E-state index contributed by atoms with van der Waals surface area (Å²) < 4.78 is 0. The molecule has 0 fully saturated rings. The molecule has 0 aliphatic carbocycles. The number of hydrogen-bond donors (Lipinski definition) is 1. The van der Waals surface area contributed by atoms with Crippen LogP contribution in [-0.2, 0) is 4.79 Å². The van der Waals surface area contributed by atoms with Crippen molar-refractivity contribution in [1.82, 2.24) is 4.90 Å². The Balaban J connectivity index is 0. The summed E-state index contributed by atoms with van der Waals surface area (Å²) in [5, 5.41) is 0. The Morgan fingerprint density at radius 2 is 1.57 bits per heavy atom. The third-order valence-electron chi connectivity index (χ3n) is 1.83. The van der Waals surface area contributed by atoms with Gasteiger partial charge in [-0.15, -0.1) is 12.4 Å². The fourth-order valence-corrected chi connectivity index (χ4v) is 1.26. The Labute approximate surface area is 93.4 Å². The monoisotopic (exact) mass is 222 g/mol. The summed E-state index contributed by atoms with van der Waals surface area (Å²) in [6.07, 6.45) is 1.98. The molecule has 0 aromatic heterocycles. The van der Waals surface area contributed by atoms with Crippen molar-refractivity contribution >= 4 is 18.3 Å². The van der Waals surface area contributed by atoms with Crippen LogP contribution >= 0.6 is 12.4 Å². The molecular weight excluding hydrogens is 200 g/mol. The predicted molar refractivity (Wildman–Crippen MR) is 62.7 cm³/mol. The molecule has 86 valence electrons. The summed E-state index contributed by atoms with van der Waals surface area (Å²) in [6, 6.07) is 0. The van der Waals surface area contributed by atoms with Gasteiger partial charge in [0.25, 0.3) is 0 Å². The summed E-state index contributed by atoms with van der Waals surface area (Å²) in [5.74, 6) is 0.0520. The van der Waals surface area contributed by atoms with Crippen molar-refractivity contribution < 1.29 is 4.79 Å². The standard InChI is InChI=1S/C10H22N2O.ClH/c1-5-7-12(8-6-2)9(13)10(3,4)11;/h5-8,11H2,1-4H3;1H. The average Bonchev–Trinajstić information content (AvgIpc) is 2.01. The van der Waals surface area contributed by atoms with Crippen molar-refractivity contribution in [3.63, 3.8) is 0 Å². The number of carbonyl (C=O) groups is 1. The van der Waals surface area contributed by atoms with Crippen molar-refractivity contribution in [2.75, 3.05) is 13.1 Å². The summed E-state index contributed by atoms with van der Waals surface area (Å²) >= 11 is 0. The molecule has 0 saturated heterocycles. The molecule has 4 heteroatoms. The normalized spacial score (nSPS) is 10.6. The Morgan fingerprint density at radius 1 is 1.21 bits per heavy atom. The molecule has 14 heavy (non-hydrogen) atoms. The fraction of sp³-hybridized carbons (Fsp3) is 0.900. The van der Waals surface area contributed by atoms with E-state index in [9.17, 15) is 4.79 Å². The first-order valence-corrected chi connectivity index (χ1v) is 5.01. The third-order valence-corrected chi connectivity index (χ3v) is 1.83. The number of halogens is 1. The highest BCUT2D eigenvalue weighted by molar-refractivity contribution is 5.85. The largest absolute Gasteiger partial charge is 0.341 e. The van der Waals surface area contributed by atoms with Gasteiger partial charge in [0.2, 0.25) is 5.91 Å². The lowest BCUT2D eigenvalue weighted by atomic mass is 10.1. The van der Waals surface area contributed by atoms with Gasteiger partial charge in [0.1, 0.15) is 0 Å². The molecule has 3 nitrogen and oxygen atoms in total. The van der Waals surface area contributed by atoms with Crippen molar-refractivity contribution in [2.24, 2.45) is 5.73 Å². The second-order valence-corrected chi connectivity index (χ2v) is 4.01. The molecule has 2 N–H and O–H groups in total. The Morgan fingerprint density at radius 3 is 1.79 bits per heavy atom. The molecule has 0 unspecified atom stereocenters. The maximum atomic E-state index is 11.7. The van der Waals surface area contributed by atoms with Gasteiger partial charge in [0.05, 0.1) is 5.54 Å². The molecule has 0 aliphatic rings. The second kappa shape index (κ2) is 7.07. The SMILES string of the molecule is CCCN(CCC)C(=O)C(C)(C)N.Cl. The van der Waals surface area contributed by atoms with Gasteiger partial charge >= 0.3 is 0 Å². The minimum absolute atomic E-state index is 0. The van der Waals surface area contributed by atoms with E-state index in [1.165, 1.54) is 0 Å². The van der Waals surface area contributed by atoms with E-state index in [0.717, 1.165) is 25.9 Å². The van der Waals surface area contributed by atoms with Crippen LogP contribution in [0.1, 0.15) is 40.5 Å². The third kappa shape index (κ3) is 5.45. The van der Waals surface area contributed by atoms with Crippen LogP contribution in [0.4, 0.5) is 0 Å². The molecule has 1 amide bonds. The van der Waals surface area contributed by atoms with Crippen LogP contribution in [0.2, 0.25) is 0 Å². The van der Waals surface area contributed by atoms with Gasteiger partial charge in [-0.05, 0) is 26.7 Å². The smallest absolute Gasteiger partial charge is 0.242 e. The van der Waals surface area contributed by atoms with Crippen molar-refractivity contribution in [3.05, 3.63) is 0 Å².